The zero-order valence-electron chi connectivity index (χ0n) is 15.2. The lowest BCUT2D eigenvalue weighted by atomic mass is 10.0. The predicted octanol–water partition coefficient (Wildman–Crippen LogP) is 2.22. The smallest absolute Gasteiger partial charge is 0.309 e. The molecule has 27 heavy (non-hydrogen) atoms. The molecule has 5 nitrogen and oxygen atoms in total. The van der Waals surface area contributed by atoms with E-state index in [4.69, 9.17) is 0 Å². The number of likely N-dealkylation sites (tertiary alicyclic amines) is 1. The number of hydrogen-bond donors (Lipinski definition) is 2. The number of amides is 2. The molecule has 0 radical (unpaired) electrons. The maximum absolute atomic E-state index is 13.6. The van der Waals surface area contributed by atoms with Crippen LogP contribution in [0.3, 0.4) is 0 Å². The first-order chi connectivity index (χ1) is 13.1. The molecule has 0 unspecified atom stereocenters. The highest BCUT2D eigenvalue weighted by atomic mass is 19.1. The fraction of sp³-hybridized carbons (Fsp3) is 0.333. The normalized spacial score (nSPS) is 15.3. The van der Waals surface area contributed by atoms with Crippen molar-refractivity contribution in [2.45, 2.75) is 32.0 Å². The zero-order valence-corrected chi connectivity index (χ0v) is 15.2. The van der Waals surface area contributed by atoms with Crippen molar-refractivity contribution in [1.82, 2.24) is 15.5 Å². The van der Waals surface area contributed by atoms with Gasteiger partial charge in [0.25, 0.3) is 0 Å². The third kappa shape index (κ3) is 5.62. The monoisotopic (exact) mass is 369 g/mol. The first kappa shape index (κ1) is 19.0. The van der Waals surface area contributed by atoms with Gasteiger partial charge in [0.15, 0.2) is 0 Å². The largest absolute Gasteiger partial charge is 0.345 e. The molecule has 6 heteroatoms. The van der Waals surface area contributed by atoms with E-state index in [0.717, 1.165) is 32.5 Å². The summed E-state index contributed by atoms with van der Waals surface area (Å²) < 4.78 is 13.6. The second-order valence-electron chi connectivity index (χ2n) is 6.78. The number of piperidine rings is 1. The van der Waals surface area contributed by atoms with E-state index in [2.05, 4.69) is 27.7 Å². The van der Waals surface area contributed by atoms with Crippen LogP contribution in [0.15, 0.2) is 54.6 Å². The molecule has 2 aromatic carbocycles. The summed E-state index contributed by atoms with van der Waals surface area (Å²) in [6.07, 6.45) is 1.61. The number of carbonyl (C=O) groups excluding carboxylic acids is 2. The maximum Gasteiger partial charge on any atom is 0.309 e. The molecule has 1 heterocycles. The Balaban J connectivity index is 1.40. The first-order valence-electron chi connectivity index (χ1n) is 9.20. The lowest BCUT2D eigenvalue weighted by Crippen LogP contribution is -2.48. The highest BCUT2D eigenvalue weighted by molar-refractivity contribution is 6.35. The van der Waals surface area contributed by atoms with Gasteiger partial charge in [0.1, 0.15) is 5.82 Å². The molecule has 0 aliphatic carbocycles. The van der Waals surface area contributed by atoms with Crippen LogP contribution in [0.25, 0.3) is 0 Å². The lowest BCUT2D eigenvalue weighted by molar-refractivity contribution is -0.139. The number of halogens is 1. The van der Waals surface area contributed by atoms with Crippen molar-refractivity contribution >= 4 is 11.8 Å². The molecule has 2 N–H and O–H groups in total. The van der Waals surface area contributed by atoms with E-state index < -0.39 is 17.6 Å². The molecule has 1 fully saturated rings. The summed E-state index contributed by atoms with van der Waals surface area (Å²) in [5.74, 6) is -1.79. The first-order valence-corrected chi connectivity index (χ1v) is 9.20. The van der Waals surface area contributed by atoms with Gasteiger partial charge in [0.05, 0.1) is 0 Å². The van der Waals surface area contributed by atoms with Crippen LogP contribution in [0, 0.1) is 5.82 Å². The van der Waals surface area contributed by atoms with Gasteiger partial charge in [-0.2, -0.15) is 0 Å². The average Bonchev–Trinajstić information content (AvgIpc) is 2.69. The van der Waals surface area contributed by atoms with Crippen LogP contribution >= 0.6 is 0 Å². The van der Waals surface area contributed by atoms with Crippen molar-refractivity contribution < 1.29 is 14.0 Å². The van der Waals surface area contributed by atoms with E-state index in [9.17, 15) is 14.0 Å². The highest BCUT2D eigenvalue weighted by Crippen LogP contribution is 2.14. The van der Waals surface area contributed by atoms with E-state index in [1.165, 1.54) is 11.6 Å². The van der Waals surface area contributed by atoms with Crippen molar-refractivity contribution in [3.63, 3.8) is 0 Å². The van der Waals surface area contributed by atoms with Gasteiger partial charge >= 0.3 is 11.8 Å². The molecule has 0 saturated carbocycles. The van der Waals surface area contributed by atoms with Gasteiger partial charge in [0.2, 0.25) is 0 Å². The molecule has 142 valence electrons. The molecule has 1 aliphatic heterocycles. The van der Waals surface area contributed by atoms with E-state index in [1.54, 1.807) is 18.2 Å². The van der Waals surface area contributed by atoms with E-state index in [0.29, 0.717) is 5.56 Å². The fourth-order valence-electron chi connectivity index (χ4n) is 3.23. The Kier molecular flexibility index (Phi) is 6.54. The van der Waals surface area contributed by atoms with Gasteiger partial charge in [-0.15, -0.1) is 0 Å². The molecular formula is C21H24FN3O2. The molecule has 0 bridgehead atoms. The predicted molar refractivity (Wildman–Crippen MR) is 101 cm³/mol. The minimum absolute atomic E-state index is 0.00551. The minimum atomic E-state index is -0.732. The van der Waals surface area contributed by atoms with Crippen LogP contribution in [0.4, 0.5) is 4.39 Å². The van der Waals surface area contributed by atoms with Crippen LogP contribution < -0.4 is 10.6 Å². The minimum Gasteiger partial charge on any atom is -0.345 e. The molecule has 2 aromatic rings. The molecule has 0 aromatic heterocycles. The molecule has 0 atom stereocenters. The van der Waals surface area contributed by atoms with Crippen LogP contribution in [0.1, 0.15) is 24.0 Å². The second kappa shape index (κ2) is 9.28. The number of rotatable bonds is 5. The van der Waals surface area contributed by atoms with Gasteiger partial charge in [-0.3, -0.25) is 14.5 Å². The van der Waals surface area contributed by atoms with Gasteiger partial charge < -0.3 is 10.6 Å². The molecule has 0 spiro atoms. The molecule has 1 saturated heterocycles. The lowest BCUT2D eigenvalue weighted by Gasteiger charge is -2.32. The molecule has 3 rings (SSSR count). The second-order valence-corrected chi connectivity index (χ2v) is 6.78. The number of hydrogen-bond acceptors (Lipinski definition) is 3. The maximum atomic E-state index is 13.6. The van der Waals surface area contributed by atoms with Crippen molar-refractivity contribution in [3.05, 3.63) is 71.5 Å². The van der Waals surface area contributed by atoms with E-state index in [1.807, 2.05) is 18.2 Å². The highest BCUT2D eigenvalue weighted by Gasteiger charge is 2.23. The van der Waals surface area contributed by atoms with Crippen molar-refractivity contribution in [3.8, 4) is 0 Å². The Hall–Kier alpha value is -2.73. The number of benzene rings is 2. The van der Waals surface area contributed by atoms with E-state index in [-0.39, 0.29) is 12.6 Å². The summed E-state index contributed by atoms with van der Waals surface area (Å²) in [4.78, 5) is 26.4. The van der Waals surface area contributed by atoms with Crippen LogP contribution in [0.5, 0.6) is 0 Å². The van der Waals surface area contributed by atoms with Crippen LogP contribution in [-0.4, -0.2) is 35.8 Å². The van der Waals surface area contributed by atoms with Crippen LogP contribution in [-0.2, 0) is 22.7 Å². The number of nitrogens with one attached hydrogen (secondary N) is 2. The quantitative estimate of drug-likeness (QED) is 0.795. The molecule has 2 amide bonds. The van der Waals surface area contributed by atoms with Gasteiger partial charge in [-0.05, 0) is 24.5 Å². The van der Waals surface area contributed by atoms with Crippen molar-refractivity contribution in [2.75, 3.05) is 13.1 Å². The van der Waals surface area contributed by atoms with E-state index >= 15 is 0 Å². The Morgan fingerprint density at radius 3 is 2.33 bits per heavy atom. The summed E-state index contributed by atoms with van der Waals surface area (Å²) in [5.41, 5.74) is 1.63. The topological polar surface area (TPSA) is 61.4 Å². The summed E-state index contributed by atoms with van der Waals surface area (Å²) in [7, 11) is 0. The summed E-state index contributed by atoms with van der Waals surface area (Å²) >= 11 is 0. The SMILES string of the molecule is O=C(NCc1ccccc1F)C(=O)NC1CCN(Cc2ccccc2)CC1. The van der Waals surface area contributed by atoms with Gasteiger partial charge in [0, 0.05) is 37.8 Å². The fourth-order valence-corrected chi connectivity index (χ4v) is 3.23. The molecule has 1 aliphatic rings. The van der Waals surface area contributed by atoms with Gasteiger partial charge in [-0.1, -0.05) is 48.5 Å². The summed E-state index contributed by atoms with van der Waals surface area (Å²) in [5, 5.41) is 5.25. The van der Waals surface area contributed by atoms with Crippen molar-refractivity contribution in [2.24, 2.45) is 0 Å². The summed E-state index contributed by atoms with van der Waals surface area (Å²) in [6, 6.07) is 16.4. The zero-order chi connectivity index (χ0) is 19.1. The number of nitrogens with zero attached hydrogens (tertiary/aromatic N) is 1. The third-order valence-electron chi connectivity index (χ3n) is 4.78. The Bertz CT molecular complexity index is 774. The van der Waals surface area contributed by atoms with Crippen LogP contribution in [0.2, 0.25) is 0 Å². The molecular weight excluding hydrogens is 345 g/mol. The number of carbonyl (C=O) groups is 2. The standard InChI is InChI=1S/C21H24FN3O2/c22-19-9-5-4-8-17(19)14-23-20(26)21(27)24-18-10-12-25(13-11-18)15-16-6-2-1-3-7-16/h1-9,18H,10-15H2,(H,23,26)(H,24,27). The summed E-state index contributed by atoms with van der Waals surface area (Å²) in [6.45, 7) is 2.63. The average molecular weight is 369 g/mol. The Morgan fingerprint density at radius 1 is 0.963 bits per heavy atom. The Labute approximate surface area is 158 Å². The van der Waals surface area contributed by atoms with Crippen molar-refractivity contribution in [1.29, 1.82) is 0 Å². The third-order valence-corrected chi connectivity index (χ3v) is 4.78. The van der Waals surface area contributed by atoms with Gasteiger partial charge in [-0.25, -0.2) is 4.39 Å². The Morgan fingerprint density at radius 2 is 1.63 bits per heavy atom.